The number of benzene rings is 2. The molecular formula is C20H23ClN2O3. The Hall–Kier alpha value is -2.08. The molecule has 138 valence electrons. The zero-order valence-corrected chi connectivity index (χ0v) is 15.3. The lowest BCUT2D eigenvalue weighted by atomic mass is 10.2. The van der Waals surface area contributed by atoms with Gasteiger partial charge in [0, 0.05) is 29.9 Å². The highest BCUT2D eigenvalue weighted by Gasteiger charge is 2.16. The van der Waals surface area contributed by atoms with Crippen LogP contribution in [0.5, 0.6) is 5.75 Å². The summed E-state index contributed by atoms with van der Waals surface area (Å²) in [5, 5.41) is 6.65. The Labute approximate surface area is 158 Å². The zero-order valence-electron chi connectivity index (χ0n) is 14.5. The summed E-state index contributed by atoms with van der Waals surface area (Å²) in [4.78, 5) is 12.1. The summed E-state index contributed by atoms with van der Waals surface area (Å²) in [6, 6.07) is 15.0. The average molecular weight is 375 g/mol. The second-order valence-electron chi connectivity index (χ2n) is 6.22. The molecule has 2 N–H and O–H groups in total. The van der Waals surface area contributed by atoms with Gasteiger partial charge in [-0.2, -0.15) is 0 Å². The van der Waals surface area contributed by atoms with Gasteiger partial charge in [0.1, 0.15) is 12.4 Å². The van der Waals surface area contributed by atoms with E-state index < -0.39 is 0 Å². The van der Waals surface area contributed by atoms with E-state index in [0.717, 1.165) is 30.8 Å². The first-order chi connectivity index (χ1) is 12.7. The van der Waals surface area contributed by atoms with Crippen LogP contribution < -0.4 is 15.4 Å². The minimum absolute atomic E-state index is 0.117. The Kier molecular flexibility index (Phi) is 6.89. The van der Waals surface area contributed by atoms with Gasteiger partial charge in [0.2, 0.25) is 5.91 Å². The molecule has 2 aromatic carbocycles. The summed E-state index contributed by atoms with van der Waals surface area (Å²) >= 11 is 6.10. The predicted molar refractivity (Wildman–Crippen MR) is 103 cm³/mol. The van der Waals surface area contributed by atoms with Gasteiger partial charge in [0.05, 0.1) is 12.6 Å². The van der Waals surface area contributed by atoms with E-state index in [-0.39, 0.29) is 18.6 Å². The summed E-state index contributed by atoms with van der Waals surface area (Å²) in [5.41, 5.74) is 1.67. The minimum Gasteiger partial charge on any atom is -0.491 e. The number of hydrogen-bond donors (Lipinski definition) is 2. The molecule has 0 aromatic heterocycles. The van der Waals surface area contributed by atoms with E-state index in [1.54, 1.807) is 0 Å². The summed E-state index contributed by atoms with van der Waals surface area (Å²) in [6.45, 7) is 2.09. The number of ether oxygens (including phenoxy) is 2. The highest BCUT2D eigenvalue weighted by molar-refractivity contribution is 6.31. The Morgan fingerprint density at radius 2 is 2.12 bits per heavy atom. The molecule has 1 unspecified atom stereocenters. The van der Waals surface area contributed by atoms with E-state index in [1.165, 1.54) is 0 Å². The van der Waals surface area contributed by atoms with Gasteiger partial charge in [-0.15, -0.1) is 0 Å². The number of carbonyl (C=O) groups is 1. The van der Waals surface area contributed by atoms with Crippen LogP contribution in [0, 0.1) is 0 Å². The van der Waals surface area contributed by atoms with E-state index in [2.05, 4.69) is 10.6 Å². The van der Waals surface area contributed by atoms with Crippen LogP contribution in [0.1, 0.15) is 18.4 Å². The molecule has 5 nitrogen and oxygen atoms in total. The molecule has 0 bridgehead atoms. The molecule has 0 radical (unpaired) electrons. The molecular weight excluding hydrogens is 352 g/mol. The van der Waals surface area contributed by atoms with E-state index in [9.17, 15) is 4.79 Å². The molecule has 3 rings (SSSR count). The van der Waals surface area contributed by atoms with Crippen molar-refractivity contribution in [2.75, 3.05) is 25.1 Å². The van der Waals surface area contributed by atoms with Crippen LogP contribution in [-0.2, 0) is 16.1 Å². The second kappa shape index (κ2) is 9.57. The van der Waals surface area contributed by atoms with Crippen molar-refractivity contribution >= 4 is 23.2 Å². The van der Waals surface area contributed by atoms with Gasteiger partial charge in [0.25, 0.3) is 0 Å². The van der Waals surface area contributed by atoms with Crippen molar-refractivity contribution in [2.45, 2.75) is 25.5 Å². The molecule has 1 aliphatic heterocycles. The largest absolute Gasteiger partial charge is 0.491 e. The highest BCUT2D eigenvalue weighted by Crippen LogP contribution is 2.19. The lowest BCUT2D eigenvalue weighted by molar-refractivity contribution is -0.115. The Morgan fingerprint density at radius 3 is 2.92 bits per heavy atom. The molecule has 0 aliphatic carbocycles. The number of rotatable bonds is 8. The fourth-order valence-corrected chi connectivity index (χ4v) is 2.99. The van der Waals surface area contributed by atoms with Crippen LogP contribution in [0.2, 0.25) is 5.02 Å². The molecule has 6 heteroatoms. The van der Waals surface area contributed by atoms with Crippen molar-refractivity contribution in [1.29, 1.82) is 0 Å². The van der Waals surface area contributed by atoms with Gasteiger partial charge < -0.3 is 20.1 Å². The lowest BCUT2D eigenvalue weighted by Gasteiger charge is -2.13. The first kappa shape index (κ1) is 18.7. The summed E-state index contributed by atoms with van der Waals surface area (Å²) < 4.78 is 11.3. The number of anilines is 1. The molecule has 0 saturated carbocycles. The normalized spacial score (nSPS) is 16.4. The fraction of sp³-hybridized carbons (Fsp3) is 0.350. The summed E-state index contributed by atoms with van der Waals surface area (Å²) in [5.74, 6) is 0.607. The van der Waals surface area contributed by atoms with Gasteiger partial charge in [-0.3, -0.25) is 4.79 Å². The third kappa shape index (κ3) is 5.73. The smallest absolute Gasteiger partial charge is 0.238 e. The van der Waals surface area contributed by atoms with E-state index in [4.69, 9.17) is 21.1 Å². The van der Waals surface area contributed by atoms with Crippen molar-refractivity contribution in [3.8, 4) is 5.75 Å². The van der Waals surface area contributed by atoms with Crippen molar-refractivity contribution in [1.82, 2.24) is 5.32 Å². The van der Waals surface area contributed by atoms with Crippen molar-refractivity contribution < 1.29 is 14.3 Å². The van der Waals surface area contributed by atoms with E-state index in [1.807, 2.05) is 48.5 Å². The predicted octanol–water partition coefficient (Wildman–Crippen LogP) is 3.63. The molecule has 2 aromatic rings. The van der Waals surface area contributed by atoms with Crippen LogP contribution in [0.25, 0.3) is 0 Å². The van der Waals surface area contributed by atoms with Crippen LogP contribution in [0.15, 0.2) is 48.5 Å². The third-order valence-corrected chi connectivity index (χ3v) is 4.51. The fourth-order valence-electron chi connectivity index (χ4n) is 2.79. The molecule has 0 spiro atoms. The maximum Gasteiger partial charge on any atom is 0.238 e. The first-order valence-electron chi connectivity index (χ1n) is 8.79. The monoisotopic (exact) mass is 374 g/mol. The Morgan fingerprint density at radius 1 is 1.23 bits per heavy atom. The molecule has 1 atom stereocenters. The summed E-state index contributed by atoms with van der Waals surface area (Å²) in [7, 11) is 0. The van der Waals surface area contributed by atoms with Gasteiger partial charge in [-0.1, -0.05) is 35.9 Å². The van der Waals surface area contributed by atoms with Crippen molar-refractivity contribution in [2.24, 2.45) is 0 Å². The molecule has 1 fully saturated rings. The molecule has 1 amide bonds. The molecule has 26 heavy (non-hydrogen) atoms. The Bertz CT molecular complexity index is 733. The van der Waals surface area contributed by atoms with Gasteiger partial charge >= 0.3 is 0 Å². The van der Waals surface area contributed by atoms with Crippen LogP contribution in [0.4, 0.5) is 5.69 Å². The topological polar surface area (TPSA) is 59.6 Å². The molecule has 1 aliphatic rings. The number of carbonyl (C=O) groups excluding carboxylic acids is 1. The zero-order chi connectivity index (χ0) is 18.2. The van der Waals surface area contributed by atoms with Crippen molar-refractivity contribution in [3.63, 3.8) is 0 Å². The van der Waals surface area contributed by atoms with Gasteiger partial charge in [-0.25, -0.2) is 0 Å². The average Bonchev–Trinajstić information content (AvgIpc) is 3.15. The van der Waals surface area contributed by atoms with Crippen molar-refractivity contribution in [3.05, 3.63) is 59.1 Å². The number of halogens is 1. The SMILES string of the molecule is O=C(CNCc1ccccc1Cl)Nc1cccc(OCC2CCCO2)c1. The van der Waals surface area contributed by atoms with Gasteiger partial charge in [0.15, 0.2) is 0 Å². The quantitative estimate of drug-likeness (QED) is 0.740. The van der Waals surface area contributed by atoms with Crippen LogP contribution >= 0.6 is 11.6 Å². The number of nitrogens with one attached hydrogen (secondary N) is 2. The maximum absolute atomic E-state index is 12.1. The van der Waals surface area contributed by atoms with Crippen LogP contribution in [0.3, 0.4) is 0 Å². The molecule has 1 heterocycles. The summed E-state index contributed by atoms with van der Waals surface area (Å²) in [6.07, 6.45) is 2.29. The third-order valence-electron chi connectivity index (χ3n) is 4.14. The van der Waals surface area contributed by atoms with E-state index in [0.29, 0.717) is 23.9 Å². The van der Waals surface area contributed by atoms with E-state index >= 15 is 0 Å². The lowest BCUT2D eigenvalue weighted by Crippen LogP contribution is -2.27. The standard InChI is InChI=1S/C20H23ClN2O3/c21-19-9-2-1-5-15(19)12-22-13-20(24)23-16-6-3-7-17(11-16)26-14-18-8-4-10-25-18/h1-3,5-7,9,11,18,22H,4,8,10,12-14H2,(H,23,24). The highest BCUT2D eigenvalue weighted by atomic mass is 35.5. The minimum atomic E-state index is -0.117. The maximum atomic E-state index is 12.1. The van der Waals surface area contributed by atoms with Crippen LogP contribution in [-0.4, -0.2) is 31.8 Å². The number of hydrogen-bond acceptors (Lipinski definition) is 4. The second-order valence-corrected chi connectivity index (χ2v) is 6.62. The molecule has 1 saturated heterocycles. The first-order valence-corrected chi connectivity index (χ1v) is 9.17. The Balaban J connectivity index is 1.43. The van der Waals surface area contributed by atoms with Gasteiger partial charge in [-0.05, 0) is 36.6 Å². The number of amides is 1.